The van der Waals surface area contributed by atoms with E-state index in [1.54, 1.807) is 0 Å². The van der Waals surface area contributed by atoms with Gasteiger partial charge in [-0.05, 0) is 15.9 Å². The largest absolute Gasteiger partial charge is 0.252 e. The highest BCUT2D eigenvalue weighted by Crippen LogP contribution is 2.12. The number of nitrogens with zero attached hydrogens (tertiary/aromatic N) is 1. The molecule has 0 atom stereocenters. The summed E-state index contributed by atoms with van der Waals surface area (Å²) in [6.07, 6.45) is 0.153. The maximum atomic E-state index is 6.97. The maximum absolute atomic E-state index is 6.97. The lowest BCUT2D eigenvalue weighted by Gasteiger charge is -1.60. The summed E-state index contributed by atoms with van der Waals surface area (Å²) in [6.45, 7) is 0. The van der Waals surface area contributed by atoms with E-state index in [1.807, 2.05) is 0 Å². The van der Waals surface area contributed by atoms with Crippen molar-refractivity contribution in [3.05, 3.63) is 15.4 Å². The molecule has 0 aliphatic rings. The fraction of sp³-hybridized carbons (Fsp3) is 0. The molecule has 1 aromatic rings. The van der Waals surface area contributed by atoms with E-state index in [4.69, 9.17) is 2.74 Å². The molecule has 1 nitrogen and oxygen atoms in total. The van der Waals surface area contributed by atoms with Gasteiger partial charge in [0, 0.05) is 0 Å². The summed E-state index contributed by atoms with van der Waals surface area (Å²) in [5.74, 6) is 0. The van der Waals surface area contributed by atoms with Gasteiger partial charge in [-0.3, -0.25) is 4.98 Å². The minimum absolute atomic E-state index is 0.153. The van der Waals surface area contributed by atoms with Gasteiger partial charge in [0.25, 0.3) is 0 Å². The van der Waals surface area contributed by atoms with Crippen LogP contribution in [-0.4, -0.2) is 4.98 Å². The predicted molar refractivity (Wildman–Crippen MR) is 29.8 cm³/mol. The topological polar surface area (TPSA) is 12.9 Å². The second-order valence-electron chi connectivity index (χ2n) is 0.691. The molecule has 1 heterocycles. The highest BCUT2D eigenvalue weighted by Gasteiger charge is 1.78. The minimum atomic E-state index is 0.153. The molecule has 0 aliphatic heterocycles. The second-order valence-corrected chi connectivity index (χ2v) is 2.80. The van der Waals surface area contributed by atoms with Crippen molar-refractivity contribution in [1.82, 2.24) is 4.98 Å². The highest BCUT2D eigenvalue weighted by atomic mass is 79.9. The predicted octanol–water partition coefficient (Wildman–Crippen LogP) is 1.91. The number of thiazole rings is 1. The third kappa shape index (κ3) is 0.786. The summed E-state index contributed by atoms with van der Waals surface area (Å²) in [7, 11) is 0. The number of halogens is 1. The Morgan fingerprint density at radius 3 is 3.17 bits per heavy atom. The Bertz CT molecular complexity index is 180. The van der Waals surface area contributed by atoms with E-state index >= 15 is 0 Å². The van der Waals surface area contributed by atoms with Crippen LogP contribution in [0.1, 0.15) is 2.74 Å². The van der Waals surface area contributed by atoms with Gasteiger partial charge in [-0.1, -0.05) is 0 Å². The number of hydrogen-bond donors (Lipinski definition) is 0. The van der Waals surface area contributed by atoms with Crippen LogP contribution in [0.5, 0.6) is 0 Å². The smallest absolute Gasteiger partial charge is 0.0960 e. The van der Waals surface area contributed by atoms with Crippen molar-refractivity contribution in [3.8, 4) is 0 Å². The maximum Gasteiger partial charge on any atom is 0.0960 e. The molecule has 0 aliphatic carbocycles. The molecular formula is C3H2BrNS. The lowest BCUT2D eigenvalue weighted by molar-refractivity contribution is 1.42. The van der Waals surface area contributed by atoms with Gasteiger partial charge in [0.2, 0.25) is 0 Å². The molecule has 0 aromatic carbocycles. The number of aromatic nitrogens is 1. The molecule has 0 saturated heterocycles. The van der Waals surface area contributed by atoms with Crippen molar-refractivity contribution < 1.29 is 2.74 Å². The molecule has 32 valence electrons. The van der Waals surface area contributed by atoms with Crippen LogP contribution in [0.25, 0.3) is 0 Å². The summed E-state index contributed by atoms with van der Waals surface area (Å²) in [5, 5.41) is 0. The molecular weight excluding hydrogens is 162 g/mol. The summed E-state index contributed by atoms with van der Waals surface area (Å²) in [4.78, 5) is 3.52. The SMILES string of the molecule is [2H]c1nc([2H])c(Br)s1. The van der Waals surface area contributed by atoms with Crippen LogP contribution in [0.4, 0.5) is 0 Å². The lowest BCUT2D eigenvalue weighted by Crippen LogP contribution is -1.41. The van der Waals surface area contributed by atoms with E-state index in [0.29, 0.717) is 3.79 Å². The Kier molecular flexibility index (Phi) is 0.690. The zero-order valence-corrected chi connectivity index (χ0v) is 5.14. The Balaban J connectivity index is 3.14. The van der Waals surface area contributed by atoms with E-state index in [2.05, 4.69) is 20.9 Å². The first-order chi connectivity index (χ1) is 3.70. The zero-order valence-electron chi connectivity index (χ0n) is 4.73. The van der Waals surface area contributed by atoms with Gasteiger partial charge in [0.15, 0.2) is 0 Å². The third-order valence-electron chi connectivity index (χ3n) is 0.325. The fourth-order valence-electron chi connectivity index (χ4n) is 0.152. The molecule has 1 aromatic heterocycles. The molecule has 3 heteroatoms. The minimum Gasteiger partial charge on any atom is -0.252 e. The molecule has 0 unspecified atom stereocenters. The fourth-order valence-corrected chi connectivity index (χ4v) is 0.721. The van der Waals surface area contributed by atoms with E-state index in [0.717, 1.165) is 11.3 Å². The van der Waals surface area contributed by atoms with E-state index < -0.39 is 0 Å². The number of hydrogen-bond acceptors (Lipinski definition) is 2. The van der Waals surface area contributed by atoms with Gasteiger partial charge in [0.05, 0.1) is 18.2 Å². The first-order valence-corrected chi connectivity index (χ1v) is 2.90. The standard InChI is InChI=1S/C3H2BrNS/c4-3-1-5-2-6-3/h1-2H/i1D,2D. The van der Waals surface area contributed by atoms with Crippen molar-refractivity contribution in [1.29, 1.82) is 0 Å². The Morgan fingerprint density at radius 2 is 3.00 bits per heavy atom. The Labute approximate surface area is 51.0 Å². The monoisotopic (exact) mass is 165 g/mol. The molecule has 0 saturated carbocycles. The first-order valence-electron chi connectivity index (χ1n) is 2.29. The summed E-state index contributed by atoms with van der Waals surface area (Å²) in [5.41, 5.74) is 0.182. The second kappa shape index (κ2) is 1.71. The Morgan fingerprint density at radius 1 is 2.17 bits per heavy atom. The highest BCUT2D eigenvalue weighted by molar-refractivity contribution is 9.11. The summed E-state index contributed by atoms with van der Waals surface area (Å²) in [6, 6.07) is 0. The van der Waals surface area contributed by atoms with Crippen LogP contribution in [0.2, 0.25) is 0 Å². The number of rotatable bonds is 0. The average Bonchev–Trinajstić information content (AvgIpc) is 1.85. The summed E-state index contributed by atoms with van der Waals surface area (Å²) >= 11 is 4.22. The van der Waals surface area contributed by atoms with Gasteiger partial charge < -0.3 is 0 Å². The lowest BCUT2D eigenvalue weighted by atomic mass is 11.0. The third-order valence-corrected chi connectivity index (χ3v) is 1.44. The first kappa shape index (κ1) is 2.43. The molecule has 0 fully saturated rings. The average molecular weight is 166 g/mol. The van der Waals surface area contributed by atoms with Gasteiger partial charge in [-0.25, -0.2) is 0 Å². The van der Waals surface area contributed by atoms with Crippen LogP contribution in [0, 0.1) is 0 Å². The molecule has 0 radical (unpaired) electrons. The van der Waals surface area contributed by atoms with Crippen LogP contribution < -0.4 is 0 Å². The van der Waals surface area contributed by atoms with E-state index in [1.165, 1.54) is 0 Å². The molecule has 0 bridgehead atoms. The van der Waals surface area contributed by atoms with Crippen LogP contribution in [-0.2, 0) is 0 Å². The van der Waals surface area contributed by atoms with Crippen molar-refractivity contribution in [2.45, 2.75) is 0 Å². The molecule has 1 rings (SSSR count). The quantitative estimate of drug-likeness (QED) is 0.573. The van der Waals surface area contributed by atoms with Crippen molar-refractivity contribution in [3.63, 3.8) is 0 Å². The van der Waals surface area contributed by atoms with Gasteiger partial charge >= 0.3 is 0 Å². The molecule has 0 N–H and O–H groups in total. The summed E-state index contributed by atoms with van der Waals surface area (Å²) < 4.78 is 14.5. The Hall–Kier alpha value is 0.110. The van der Waals surface area contributed by atoms with Crippen molar-refractivity contribution in [2.24, 2.45) is 0 Å². The van der Waals surface area contributed by atoms with E-state index in [-0.39, 0.29) is 11.7 Å². The zero-order chi connectivity index (χ0) is 6.15. The molecule has 0 amide bonds. The van der Waals surface area contributed by atoms with Crippen LogP contribution in [0.15, 0.2) is 15.4 Å². The van der Waals surface area contributed by atoms with Crippen LogP contribution >= 0.6 is 27.3 Å². The van der Waals surface area contributed by atoms with Crippen molar-refractivity contribution in [2.75, 3.05) is 0 Å². The van der Waals surface area contributed by atoms with Crippen LogP contribution in [0.3, 0.4) is 0 Å². The van der Waals surface area contributed by atoms with Crippen molar-refractivity contribution >= 4 is 27.3 Å². The molecule has 0 spiro atoms. The van der Waals surface area contributed by atoms with Gasteiger partial charge in [-0.2, -0.15) is 0 Å². The normalized spacial score (nSPS) is 13.5. The van der Waals surface area contributed by atoms with E-state index in [9.17, 15) is 0 Å². The van der Waals surface area contributed by atoms with Gasteiger partial charge in [0.1, 0.15) is 0 Å². The molecule has 6 heavy (non-hydrogen) atoms. The van der Waals surface area contributed by atoms with Gasteiger partial charge in [-0.15, -0.1) is 11.3 Å².